The van der Waals surface area contributed by atoms with Gasteiger partial charge in [0.1, 0.15) is 5.75 Å². The molecule has 23 heavy (non-hydrogen) atoms. The summed E-state index contributed by atoms with van der Waals surface area (Å²) in [6.45, 7) is 0.836. The fraction of sp³-hybridized carbons (Fsp3) is 0.211. The Morgan fingerprint density at radius 1 is 1.17 bits per heavy atom. The maximum absolute atomic E-state index is 12.3. The summed E-state index contributed by atoms with van der Waals surface area (Å²) in [7, 11) is 5.71. The number of amides is 1. The van der Waals surface area contributed by atoms with Crippen LogP contribution in [-0.4, -0.2) is 32.0 Å². The zero-order valence-electron chi connectivity index (χ0n) is 13.6. The van der Waals surface area contributed by atoms with Gasteiger partial charge in [-0.05, 0) is 43.9 Å². The van der Waals surface area contributed by atoms with Gasteiger partial charge in [-0.25, -0.2) is 0 Å². The minimum absolute atomic E-state index is 0.0775. The standard InChI is InChI=1S/C19H20N2O2/c1-21(2)12-13-8-9-18(23-3)14(10-13)11-16-15-6-4-5-7-17(15)20-19(16)22/h4-11H,12H2,1-3H3,(H,20,22). The van der Waals surface area contributed by atoms with Gasteiger partial charge in [-0.1, -0.05) is 24.3 Å². The predicted octanol–water partition coefficient (Wildman–Crippen LogP) is 3.25. The van der Waals surface area contributed by atoms with E-state index in [2.05, 4.69) is 16.3 Å². The number of ether oxygens (including phenoxy) is 1. The van der Waals surface area contributed by atoms with E-state index < -0.39 is 0 Å². The van der Waals surface area contributed by atoms with Crippen LogP contribution in [0.1, 0.15) is 16.7 Å². The number of carbonyl (C=O) groups is 1. The monoisotopic (exact) mass is 308 g/mol. The number of anilines is 1. The van der Waals surface area contributed by atoms with E-state index >= 15 is 0 Å². The van der Waals surface area contributed by atoms with E-state index in [0.29, 0.717) is 5.57 Å². The molecule has 2 aromatic carbocycles. The molecular formula is C19H20N2O2. The lowest BCUT2D eigenvalue weighted by Gasteiger charge is -2.12. The van der Waals surface area contributed by atoms with Gasteiger partial charge in [0.25, 0.3) is 5.91 Å². The summed E-state index contributed by atoms with van der Waals surface area (Å²) in [6, 6.07) is 13.8. The number of methoxy groups -OCH3 is 1. The summed E-state index contributed by atoms with van der Waals surface area (Å²) >= 11 is 0. The highest BCUT2D eigenvalue weighted by atomic mass is 16.5. The number of rotatable bonds is 4. The van der Waals surface area contributed by atoms with Crippen LogP contribution in [-0.2, 0) is 11.3 Å². The summed E-state index contributed by atoms with van der Waals surface area (Å²) < 4.78 is 5.45. The fourth-order valence-corrected chi connectivity index (χ4v) is 2.80. The van der Waals surface area contributed by atoms with Gasteiger partial charge in [0.05, 0.1) is 7.11 Å². The van der Waals surface area contributed by atoms with Crippen molar-refractivity contribution in [3.8, 4) is 5.75 Å². The zero-order chi connectivity index (χ0) is 16.4. The van der Waals surface area contributed by atoms with Gasteiger partial charge >= 0.3 is 0 Å². The largest absolute Gasteiger partial charge is 0.496 e. The average Bonchev–Trinajstić information content (AvgIpc) is 2.83. The summed E-state index contributed by atoms with van der Waals surface area (Å²) in [6.07, 6.45) is 1.90. The van der Waals surface area contributed by atoms with Crippen LogP contribution < -0.4 is 10.1 Å². The molecule has 0 aliphatic carbocycles. The molecule has 2 aromatic rings. The predicted molar refractivity (Wildman–Crippen MR) is 93.3 cm³/mol. The highest BCUT2D eigenvalue weighted by Crippen LogP contribution is 2.34. The second kappa shape index (κ2) is 6.26. The van der Waals surface area contributed by atoms with Crippen LogP contribution in [0.15, 0.2) is 42.5 Å². The number of benzene rings is 2. The van der Waals surface area contributed by atoms with E-state index in [4.69, 9.17) is 4.74 Å². The fourth-order valence-electron chi connectivity index (χ4n) is 2.80. The first-order valence-corrected chi connectivity index (χ1v) is 7.52. The van der Waals surface area contributed by atoms with Gasteiger partial charge in [0, 0.05) is 28.9 Å². The number of hydrogen-bond donors (Lipinski definition) is 1. The van der Waals surface area contributed by atoms with E-state index in [1.165, 1.54) is 5.56 Å². The summed E-state index contributed by atoms with van der Waals surface area (Å²) in [5.41, 5.74) is 4.54. The van der Waals surface area contributed by atoms with Gasteiger partial charge < -0.3 is 15.0 Å². The number of nitrogens with zero attached hydrogens (tertiary/aromatic N) is 1. The van der Waals surface area contributed by atoms with E-state index in [1.54, 1.807) is 7.11 Å². The first kappa shape index (κ1) is 15.3. The Morgan fingerprint density at radius 2 is 1.96 bits per heavy atom. The lowest BCUT2D eigenvalue weighted by atomic mass is 10.0. The van der Waals surface area contributed by atoms with Crippen LogP contribution in [0.4, 0.5) is 5.69 Å². The molecule has 0 aromatic heterocycles. The van der Waals surface area contributed by atoms with Crippen molar-refractivity contribution in [3.63, 3.8) is 0 Å². The minimum Gasteiger partial charge on any atom is -0.496 e. The third kappa shape index (κ3) is 3.12. The Bertz CT molecular complexity index is 779. The number of fused-ring (bicyclic) bond motifs is 1. The molecule has 0 saturated heterocycles. The van der Waals surface area contributed by atoms with E-state index in [-0.39, 0.29) is 5.91 Å². The maximum Gasteiger partial charge on any atom is 0.256 e. The molecule has 1 heterocycles. The third-order valence-electron chi connectivity index (χ3n) is 3.80. The molecular weight excluding hydrogens is 288 g/mol. The Labute approximate surface area is 136 Å². The first-order chi connectivity index (χ1) is 11.1. The second-order valence-corrected chi connectivity index (χ2v) is 5.87. The van der Waals surface area contributed by atoms with Crippen LogP contribution in [0.2, 0.25) is 0 Å². The van der Waals surface area contributed by atoms with Crippen molar-refractivity contribution in [3.05, 3.63) is 59.2 Å². The molecule has 0 atom stereocenters. The average molecular weight is 308 g/mol. The van der Waals surface area contributed by atoms with Crippen molar-refractivity contribution in [1.82, 2.24) is 4.90 Å². The smallest absolute Gasteiger partial charge is 0.256 e. The normalized spacial score (nSPS) is 15.0. The molecule has 0 fully saturated rings. The molecule has 1 aliphatic heterocycles. The molecule has 4 heteroatoms. The molecule has 0 saturated carbocycles. The first-order valence-electron chi connectivity index (χ1n) is 7.52. The third-order valence-corrected chi connectivity index (χ3v) is 3.80. The molecule has 0 radical (unpaired) electrons. The quantitative estimate of drug-likeness (QED) is 0.882. The number of nitrogens with one attached hydrogen (secondary N) is 1. The number of carbonyl (C=O) groups excluding carboxylic acids is 1. The Morgan fingerprint density at radius 3 is 2.70 bits per heavy atom. The molecule has 1 amide bonds. The Hall–Kier alpha value is -2.59. The van der Waals surface area contributed by atoms with Crippen LogP contribution >= 0.6 is 0 Å². The lowest BCUT2D eigenvalue weighted by molar-refractivity contribution is -0.110. The molecule has 1 aliphatic rings. The molecule has 3 rings (SSSR count). The second-order valence-electron chi connectivity index (χ2n) is 5.87. The van der Waals surface area contributed by atoms with Gasteiger partial charge in [0.15, 0.2) is 0 Å². The van der Waals surface area contributed by atoms with E-state index in [9.17, 15) is 4.79 Å². The van der Waals surface area contributed by atoms with Crippen molar-refractivity contribution < 1.29 is 9.53 Å². The van der Waals surface area contributed by atoms with Crippen molar-refractivity contribution in [2.75, 3.05) is 26.5 Å². The zero-order valence-corrected chi connectivity index (χ0v) is 13.6. The van der Waals surface area contributed by atoms with Crippen molar-refractivity contribution in [2.24, 2.45) is 0 Å². The molecule has 0 bridgehead atoms. The lowest BCUT2D eigenvalue weighted by Crippen LogP contribution is -2.10. The SMILES string of the molecule is COc1ccc(CN(C)C)cc1C=C1C(=O)Nc2ccccc21. The van der Waals surface area contributed by atoms with Gasteiger partial charge in [-0.2, -0.15) is 0 Å². The summed E-state index contributed by atoms with van der Waals surface area (Å²) in [5.74, 6) is 0.684. The number of hydrogen-bond acceptors (Lipinski definition) is 3. The Kier molecular flexibility index (Phi) is 4.17. The van der Waals surface area contributed by atoms with Gasteiger partial charge in [0.2, 0.25) is 0 Å². The Balaban J connectivity index is 2.06. The van der Waals surface area contributed by atoms with E-state index in [1.807, 2.05) is 56.6 Å². The highest BCUT2D eigenvalue weighted by molar-refractivity contribution is 6.35. The van der Waals surface area contributed by atoms with Crippen molar-refractivity contribution in [2.45, 2.75) is 6.54 Å². The molecule has 0 unspecified atom stereocenters. The van der Waals surface area contributed by atoms with Gasteiger partial charge in [-0.15, -0.1) is 0 Å². The van der Waals surface area contributed by atoms with E-state index in [0.717, 1.165) is 29.1 Å². The molecule has 4 nitrogen and oxygen atoms in total. The van der Waals surface area contributed by atoms with Crippen LogP contribution in [0.3, 0.4) is 0 Å². The number of para-hydroxylation sites is 1. The topological polar surface area (TPSA) is 41.6 Å². The minimum atomic E-state index is -0.0775. The molecule has 0 spiro atoms. The van der Waals surface area contributed by atoms with Crippen LogP contribution in [0.25, 0.3) is 11.6 Å². The highest BCUT2D eigenvalue weighted by Gasteiger charge is 2.23. The summed E-state index contributed by atoms with van der Waals surface area (Å²) in [4.78, 5) is 14.4. The van der Waals surface area contributed by atoms with Crippen molar-refractivity contribution in [1.29, 1.82) is 0 Å². The van der Waals surface area contributed by atoms with Crippen LogP contribution in [0.5, 0.6) is 5.75 Å². The summed E-state index contributed by atoms with van der Waals surface area (Å²) in [5, 5.41) is 2.90. The molecule has 1 N–H and O–H groups in total. The molecule has 118 valence electrons. The maximum atomic E-state index is 12.3. The van der Waals surface area contributed by atoms with Crippen LogP contribution in [0, 0.1) is 0 Å². The van der Waals surface area contributed by atoms with Gasteiger partial charge in [-0.3, -0.25) is 4.79 Å². The van der Waals surface area contributed by atoms with Crippen molar-refractivity contribution >= 4 is 23.2 Å².